The van der Waals surface area contributed by atoms with E-state index in [4.69, 9.17) is 5.73 Å². The first-order valence-electron chi connectivity index (χ1n) is 6.18. The Balaban J connectivity index is 2.02. The van der Waals surface area contributed by atoms with Gasteiger partial charge in [-0.15, -0.1) is 11.8 Å². The van der Waals surface area contributed by atoms with E-state index in [9.17, 15) is 9.59 Å². The van der Waals surface area contributed by atoms with Crippen LogP contribution in [0.4, 0.5) is 5.69 Å². The van der Waals surface area contributed by atoms with Crippen molar-refractivity contribution in [2.75, 3.05) is 24.2 Å². The molecule has 1 aromatic rings. The molecular formula is C13H17N3O2S. The van der Waals surface area contributed by atoms with Gasteiger partial charge in [0.2, 0.25) is 11.8 Å². The van der Waals surface area contributed by atoms with E-state index in [1.165, 1.54) is 11.8 Å². The molecule has 6 heteroatoms. The molecule has 1 unspecified atom stereocenters. The molecule has 4 N–H and O–H groups in total. The van der Waals surface area contributed by atoms with E-state index in [-0.39, 0.29) is 23.5 Å². The summed E-state index contributed by atoms with van der Waals surface area (Å²) in [6.45, 7) is 1.61. The second kappa shape index (κ2) is 6.58. The highest BCUT2D eigenvalue weighted by Crippen LogP contribution is 2.27. The standard InChI is InChI=1S/C13H17N3O2S/c14-12(17)8-19-11-4-2-1-3-10(11)16-13(18)9-5-6-15-7-9/h1-4,9,15H,5-8H2,(H2,14,17)(H,16,18). The van der Waals surface area contributed by atoms with Gasteiger partial charge in [-0.3, -0.25) is 9.59 Å². The quantitative estimate of drug-likeness (QED) is 0.696. The zero-order valence-electron chi connectivity index (χ0n) is 10.5. The normalized spacial score (nSPS) is 18.2. The lowest BCUT2D eigenvalue weighted by atomic mass is 10.1. The van der Waals surface area contributed by atoms with Crippen molar-refractivity contribution in [1.29, 1.82) is 0 Å². The predicted molar refractivity (Wildman–Crippen MR) is 76.0 cm³/mol. The Morgan fingerprint density at radius 2 is 2.21 bits per heavy atom. The van der Waals surface area contributed by atoms with E-state index in [1.807, 2.05) is 24.3 Å². The maximum absolute atomic E-state index is 12.1. The number of para-hydroxylation sites is 1. The molecule has 1 aliphatic rings. The van der Waals surface area contributed by atoms with Crippen molar-refractivity contribution in [3.8, 4) is 0 Å². The molecule has 1 atom stereocenters. The lowest BCUT2D eigenvalue weighted by molar-refractivity contribution is -0.119. The summed E-state index contributed by atoms with van der Waals surface area (Å²) in [5, 5.41) is 6.09. The molecule has 2 rings (SSSR count). The number of carbonyl (C=O) groups is 2. The van der Waals surface area contributed by atoms with Crippen LogP contribution in [0.1, 0.15) is 6.42 Å². The zero-order valence-corrected chi connectivity index (χ0v) is 11.3. The van der Waals surface area contributed by atoms with Crippen molar-refractivity contribution in [1.82, 2.24) is 5.32 Å². The van der Waals surface area contributed by atoms with Crippen LogP contribution >= 0.6 is 11.8 Å². The zero-order chi connectivity index (χ0) is 13.7. The van der Waals surface area contributed by atoms with Crippen LogP contribution in [-0.4, -0.2) is 30.7 Å². The Kier molecular flexibility index (Phi) is 4.81. The topological polar surface area (TPSA) is 84.2 Å². The van der Waals surface area contributed by atoms with Crippen molar-refractivity contribution in [2.45, 2.75) is 11.3 Å². The molecule has 0 saturated carbocycles. The molecular weight excluding hydrogens is 262 g/mol. The predicted octanol–water partition coefficient (Wildman–Crippen LogP) is 0.812. The Bertz CT molecular complexity index is 473. The van der Waals surface area contributed by atoms with Crippen LogP contribution in [0.5, 0.6) is 0 Å². The molecule has 19 heavy (non-hydrogen) atoms. The van der Waals surface area contributed by atoms with Gasteiger partial charge in [0.25, 0.3) is 0 Å². The van der Waals surface area contributed by atoms with E-state index in [0.717, 1.165) is 30.1 Å². The maximum Gasteiger partial charge on any atom is 0.228 e. The molecule has 0 radical (unpaired) electrons. The van der Waals surface area contributed by atoms with Gasteiger partial charge < -0.3 is 16.4 Å². The van der Waals surface area contributed by atoms with Crippen LogP contribution in [0.2, 0.25) is 0 Å². The van der Waals surface area contributed by atoms with Crippen molar-refractivity contribution in [2.24, 2.45) is 11.7 Å². The highest BCUT2D eigenvalue weighted by atomic mass is 32.2. The monoisotopic (exact) mass is 279 g/mol. The number of hydrogen-bond donors (Lipinski definition) is 3. The minimum atomic E-state index is -0.369. The second-order valence-electron chi connectivity index (χ2n) is 4.43. The number of rotatable bonds is 5. The molecule has 1 heterocycles. The molecule has 1 saturated heterocycles. The Hall–Kier alpha value is -1.53. The fraction of sp³-hybridized carbons (Fsp3) is 0.385. The highest BCUT2D eigenvalue weighted by molar-refractivity contribution is 8.00. The SMILES string of the molecule is NC(=O)CSc1ccccc1NC(=O)C1CCNC1. The third kappa shape index (κ3) is 3.97. The first-order chi connectivity index (χ1) is 9.16. The van der Waals surface area contributed by atoms with Gasteiger partial charge in [0.05, 0.1) is 17.4 Å². The number of amides is 2. The van der Waals surface area contributed by atoms with Crippen LogP contribution in [0.25, 0.3) is 0 Å². The summed E-state index contributed by atoms with van der Waals surface area (Å²) < 4.78 is 0. The van der Waals surface area contributed by atoms with Gasteiger partial charge in [-0.2, -0.15) is 0 Å². The lowest BCUT2D eigenvalue weighted by Crippen LogP contribution is -2.24. The Labute approximate surface area is 116 Å². The molecule has 0 spiro atoms. The number of benzene rings is 1. The Morgan fingerprint density at radius 3 is 2.89 bits per heavy atom. The summed E-state index contributed by atoms with van der Waals surface area (Å²) in [5.41, 5.74) is 5.88. The molecule has 0 aliphatic carbocycles. The second-order valence-corrected chi connectivity index (χ2v) is 5.45. The van der Waals surface area contributed by atoms with E-state index >= 15 is 0 Å². The van der Waals surface area contributed by atoms with Crippen molar-refractivity contribution in [3.63, 3.8) is 0 Å². The summed E-state index contributed by atoms with van der Waals surface area (Å²) in [4.78, 5) is 23.7. The van der Waals surface area contributed by atoms with Crippen LogP contribution in [0.15, 0.2) is 29.2 Å². The fourth-order valence-electron chi connectivity index (χ4n) is 1.96. The largest absolute Gasteiger partial charge is 0.369 e. The van der Waals surface area contributed by atoms with Crippen LogP contribution in [0.3, 0.4) is 0 Å². The summed E-state index contributed by atoms with van der Waals surface area (Å²) >= 11 is 1.33. The molecule has 0 aromatic heterocycles. The highest BCUT2D eigenvalue weighted by Gasteiger charge is 2.22. The molecule has 5 nitrogen and oxygen atoms in total. The minimum absolute atomic E-state index is 0.0224. The number of anilines is 1. The number of nitrogens with two attached hydrogens (primary N) is 1. The number of primary amides is 1. The smallest absolute Gasteiger partial charge is 0.228 e. The van der Waals surface area contributed by atoms with Gasteiger partial charge in [-0.05, 0) is 25.1 Å². The number of hydrogen-bond acceptors (Lipinski definition) is 4. The van der Waals surface area contributed by atoms with Gasteiger partial charge in [0, 0.05) is 11.4 Å². The maximum atomic E-state index is 12.1. The van der Waals surface area contributed by atoms with E-state index in [0.29, 0.717) is 0 Å². The average molecular weight is 279 g/mol. The number of thioether (sulfide) groups is 1. The summed E-state index contributed by atoms with van der Waals surface area (Å²) in [5.74, 6) is -0.116. The molecule has 2 amide bonds. The van der Waals surface area contributed by atoms with Crippen molar-refractivity contribution >= 4 is 29.3 Å². The van der Waals surface area contributed by atoms with Gasteiger partial charge in [-0.25, -0.2) is 0 Å². The van der Waals surface area contributed by atoms with Crippen LogP contribution < -0.4 is 16.4 Å². The van der Waals surface area contributed by atoms with Gasteiger partial charge in [0.15, 0.2) is 0 Å². The third-order valence-corrected chi connectivity index (χ3v) is 4.04. The van der Waals surface area contributed by atoms with Gasteiger partial charge >= 0.3 is 0 Å². The minimum Gasteiger partial charge on any atom is -0.369 e. The molecule has 1 aromatic carbocycles. The molecule has 102 valence electrons. The van der Waals surface area contributed by atoms with Crippen molar-refractivity contribution in [3.05, 3.63) is 24.3 Å². The number of nitrogens with one attached hydrogen (secondary N) is 2. The Morgan fingerprint density at radius 1 is 1.42 bits per heavy atom. The summed E-state index contributed by atoms with van der Waals surface area (Å²) in [7, 11) is 0. The average Bonchev–Trinajstić information content (AvgIpc) is 2.91. The fourth-order valence-corrected chi connectivity index (χ4v) is 2.71. The number of carbonyl (C=O) groups excluding carboxylic acids is 2. The third-order valence-electron chi connectivity index (χ3n) is 2.95. The summed E-state index contributed by atoms with van der Waals surface area (Å²) in [6, 6.07) is 7.44. The first-order valence-corrected chi connectivity index (χ1v) is 7.17. The molecule has 1 fully saturated rings. The van der Waals surface area contributed by atoms with E-state index < -0.39 is 0 Å². The van der Waals surface area contributed by atoms with Crippen LogP contribution in [0, 0.1) is 5.92 Å². The van der Waals surface area contributed by atoms with Gasteiger partial charge in [0.1, 0.15) is 0 Å². The van der Waals surface area contributed by atoms with Gasteiger partial charge in [-0.1, -0.05) is 12.1 Å². The first kappa shape index (κ1) is 13.9. The van der Waals surface area contributed by atoms with Crippen LogP contribution in [-0.2, 0) is 9.59 Å². The summed E-state index contributed by atoms with van der Waals surface area (Å²) in [6.07, 6.45) is 0.864. The van der Waals surface area contributed by atoms with Crippen molar-refractivity contribution < 1.29 is 9.59 Å². The lowest BCUT2D eigenvalue weighted by Gasteiger charge is -2.13. The van der Waals surface area contributed by atoms with E-state index in [1.54, 1.807) is 0 Å². The molecule has 1 aliphatic heterocycles. The molecule has 0 bridgehead atoms. The van der Waals surface area contributed by atoms with E-state index in [2.05, 4.69) is 10.6 Å².